The SMILES string of the molecule is CCC[C@@H](Br)C(=O)NCCNc1c(Cl)c(Cl)c(Cl)c(Cl)c1Cl. The van der Waals surface area contributed by atoms with Crippen LogP contribution in [0.1, 0.15) is 19.8 Å². The van der Waals surface area contributed by atoms with Crippen molar-refractivity contribution < 1.29 is 4.79 Å². The molecule has 1 aromatic carbocycles. The molecule has 1 rings (SSSR count). The lowest BCUT2D eigenvalue weighted by atomic mass is 10.2. The van der Waals surface area contributed by atoms with E-state index in [1.54, 1.807) is 0 Å². The van der Waals surface area contributed by atoms with E-state index in [0.717, 1.165) is 12.8 Å². The number of carbonyl (C=O) groups is 1. The second-order valence-electron chi connectivity index (χ2n) is 4.42. The Morgan fingerprint density at radius 3 is 2.00 bits per heavy atom. The van der Waals surface area contributed by atoms with E-state index in [9.17, 15) is 4.79 Å². The summed E-state index contributed by atoms with van der Waals surface area (Å²) in [5, 5.41) is 6.54. The highest BCUT2D eigenvalue weighted by atomic mass is 79.9. The minimum Gasteiger partial charge on any atom is -0.381 e. The van der Waals surface area contributed by atoms with E-state index >= 15 is 0 Å². The van der Waals surface area contributed by atoms with Gasteiger partial charge in [0.2, 0.25) is 5.91 Å². The Kier molecular flexibility index (Phi) is 8.98. The molecule has 1 aromatic rings. The number of alkyl halides is 1. The van der Waals surface area contributed by atoms with Gasteiger partial charge in [-0.1, -0.05) is 87.3 Å². The normalized spacial score (nSPS) is 12.1. The van der Waals surface area contributed by atoms with Crippen LogP contribution in [0.15, 0.2) is 0 Å². The first kappa shape index (κ1) is 20.5. The summed E-state index contributed by atoms with van der Waals surface area (Å²) in [4.78, 5) is 11.5. The number of carbonyl (C=O) groups excluding carboxylic acids is 1. The maximum absolute atomic E-state index is 11.7. The summed E-state index contributed by atoms with van der Waals surface area (Å²) in [6.07, 6.45) is 1.70. The van der Waals surface area contributed by atoms with Crippen molar-refractivity contribution in [3.05, 3.63) is 25.1 Å². The predicted octanol–water partition coefficient (Wildman–Crippen LogP) is 6.05. The summed E-state index contributed by atoms with van der Waals surface area (Å²) in [5.41, 5.74) is 0.390. The van der Waals surface area contributed by atoms with E-state index in [-0.39, 0.29) is 35.8 Å². The van der Waals surface area contributed by atoms with Crippen molar-refractivity contribution in [1.29, 1.82) is 0 Å². The van der Waals surface area contributed by atoms with Gasteiger partial charge in [0.1, 0.15) is 0 Å². The first-order valence-electron chi connectivity index (χ1n) is 6.48. The lowest BCUT2D eigenvalue weighted by Gasteiger charge is -2.15. The molecule has 22 heavy (non-hydrogen) atoms. The Morgan fingerprint density at radius 1 is 1.00 bits per heavy atom. The zero-order valence-corrected chi connectivity index (χ0v) is 16.9. The molecule has 1 amide bonds. The Bertz CT molecular complexity index is 527. The topological polar surface area (TPSA) is 41.1 Å². The van der Waals surface area contributed by atoms with Crippen LogP contribution >= 0.6 is 73.9 Å². The molecule has 124 valence electrons. The van der Waals surface area contributed by atoms with Gasteiger partial charge in [0, 0.05) is 13.1 Å². The molecule has 0 spiro atoms. The fourth-order valence-corrected chi connectivity index (χ4v) is 3.52. The fourth-order valence-electron chi connectivity index (χ4n) is 1.63. The highest BCUT2D eigenvalue weighted by Gasteiger charge is 2.19. The standard InChI is InChI=1S/C13H14BrCl5N2O/c1-2-3-6(14)13(22)21-5-4-20-12-10(18)8(16)7(15)9(17)11(12)19/h6,20H,2-5H2,1H3,(H,21,22)/t6-/m1/s1. The van der Waals surface area contributed by atoms with Crippen molar-refractivity contribution in [2.45, 2.75) is 24.6 Å². The van der Waals surface area contributed by atoms with Crippen LogP contribution in [-0.4, -0.2) is 23.8 Å². The molecule has 1 atom stereocenters. The number of halogens is 6. The second kappa shape index (κ2) is 9.65. The Morgan fingerprint density at radius 2 is 1.50 bits per heavy atom. The lowest BCUT2D eigenvalue weighted by molar-refractivity contribution is -0.120. The minimum absolute atomic E-state index is 0.0620. The van der Waals surface area contributed by atoms with Gasteiger partial charge in [-0.2, -0.15) is 0 Å². The molecular formula is C13H14BrCl5N2O. The van der Waals surface area contributed by atoms with Crippen molar-refractivity contribution in [2.75, 3.05) is 18.4 Å². The Balaban J connectivity index is 2.62. The molecule has 0 fully saturated rings. The number of rotatable bonds is 7. The van der Waals surface area contributed by atoms with Gasteiger partial charge in [-0.3, -0.25) is 4.79 Å². The van der Waals surface area contributed by atoms with Gasteiger partial charge in [0.15, 0.2) is 0 Å². The molecule has 0 aliphatic carbocycles. The smallest absolute Gasteiger partial charge is 0.233 e. The number of anilines is 1. The van der Waals surface area contributed by atoms with Crippen LogP contribution in [0.25, 0.3) is 0 Å². The number of amides is 1. The third-order valence-electron chi connectivity index (χ3n) is 2.76. The number of nitrogens with one attached hydrogen (secondary N) is 2. The van der Waals surface area contributed by atoms with E-state index in [2.05, 4.69) is 26.6 Å². The monoisotopic (exact) mass is 468 g/mol. The molecule has 0 saturated heterocycles. The maximum atomic E-state index is 11.7. The zero-order chi connectivity index (χ0) is 16.9. The Hall–Kier alpha value is 0.420. The quantitative estimate of drug-likeness (QED) is 0.220. The first-order valence-corrected chi connectivity index (χ1v) is 9.28. The summed E-state index contributed by atoms with van der Waals surface area (Å²) in [6.45, 7) is 2.82. The van der Waals surface area contributed by atoms with Crippen molar-refractivity contribution in [1.82, 2.24) is 5.32 Å². The van der Waals surface area contributed by atoms with Gasteiger partial charge >= 0.3 is 0 Å². The molecule has 0 unspecified atom stereocenters. The van der Waals surface area contributed by atoms with Gasteiger partial charge in [-0.15, -0.1) is 0 Å². The third kappa shape index (κ3) is 5.22. The van der Waals surface area contributed by atoms with Crippen LogP contribution < -0.4 is 10.6 Å². The van der Waals surface area contributed by atoms with Crippen LogP contribution in [0.3, 0.4) is 0 Å². The van der Waals surface area contributed by atoms with Gasteiger partial charge in [-0.05, 0) is 6.42 Å². The molecule has 9 heteroatoms. The van der Waals surface area contributed by atoms with Crippen LogP contribution in [0.5, 0.6) is 0 Å². The zero-order valence-electron chi connectivity index (χ0n) is 11.6. The van der Waals surface area contributed by atoms with Gasteiger partial charge in [-0.25, -0.2) is 0 Å². The molecule has 0 aromatic heterocycles. The highest BCUT2D eigenvalue weighted by Crippen LogP contribution is 2.46. The predicted molar refractivity (Wildman–Crippen MR) is 101 cm³/mol. The van der Waals surface area contributed by atoms with Crippen molar-refractivity contribution in [3.8, 4) is 0 Å². The summed E-state index contributed by atoms with van der Waals surface area (Å²) < 4.78 is 0. The van der Waals surface area contributed by atoms with E-state index in [1.807, 2.05) is 6.92 Å². The fraction of sp³-hybridized carbons (Fsp3) is 0.462. The molecule has 0 radical (unpaired) electrons. The summed E-state index contributed by atoms with van der Waals surface area (Å²) in [6, 6.07) is 0. The molecule has 0 aliphatic rings. The summed E-state index contributed by atoms with van der Waals surface area (Å²) in [5.74, 6) is -0.0620. The molecule has 0 aliphatic heterocycles. The summed E-state index contributed by atoms with van der Waals surface area (Å²) in [7, 11) is 0. The lowest BCUT2D eigenvalue weighted by Crippen LogP contribution is -2.34. The summed E-state index contributed by atoms with van der Waals surface area (Å²) >= 11 is 33.4. The van der Waals surface area contributed by atoms with E-state index in [1.165, 1.54) is 0 Å². The molecule has 0 saturated carbocycles. The van der Waals surface area contributed by atoms with E-state index in [4.69, 9.17) is 58.0 Å². The average Bonchev–Trinajstić information content (AvgIpc) is 2.50. The average molecular weight is 471 g/mol. The molecule has 0 heterocycles. The molecule has 3 nitrogen and oxygen atoms in total. The number of benzene rings is 1. The van der Waals surface area contributed by atoms with Crippen LogP contribution in [-0.2, 0) is 4.79 Å². The Labute approximate surface area is 163 Å². The molecule has 0 bridgehead atoms. The van der Waals surface area contributed by atoms with Crippen LogP contribution in [0, 0.1) is 0 Å². The van der Waals surface area contributed by atoms with E-state index < -0.39 is 0 Å². The maximum Gasteiger partial charge on any atom is 0.233 e. The highest BCUT2D eigenvalue weighted by molar-refractivity contribution is 9.10. The molecule has 2 N–H and O–H groups in total. The number of hydrogen-bond donors (Lipinski definition) is 2. The number of hydrogen-bond acceptors (Lipinski definition) is 2. The van der Waals surface area contributed by atoms with Crippen LogP contribution in [0.4, 0.5) is 5.69 Å². The van der Waals surface area contributed by atoms with Crippen molar-refractivity contribution in [3.63, 3.8) is 0 Å². The van der Waals surface area contributed by atoms with Crippen LogP contribution in [0.2, 0.25) is 25.1 Å². The molecular weight excluding hydrogens is 457 g/mol. The van der Waals surface area contributed by atoms with Gasteiger partial charge in [0.05, 0.1) is 35.6 Å². The minimum atomic E-state index is -0.191. The largest absolute Gasteiger partial charge is 0.381 e. The van der Waals surface area contributed by atoms with Gasteiger partial charge in [0.25, 0.3) is 0 Å². The second-order valence-corrected chi connectivity index (χ2v) is 7.41. The van der Waals surface area contributed by atoms with Crippen molar-refractivity contribution >= 4 is 85.5 Å². The van der Waals surface area contributed by atoms with Gasteiger partial charge < -0.3 is 10.6 Å². The van der Waals surface area contributed by atoms with E-state index in [0.29, 0.717) is 18.8 Å². The third-order valence-corrected chi connectivity index (χ3v) is 5.91. The van der Waals surface area contributed by atoms with Crippen molar-refractivity contribution in [2.24, 2.45) is 0 Å². The first-order chi connectivity index (χ1) is 10.3.